The number of nitrogens with one attached hydrogen (secondary N) is 1. The van der Waals surface area contributed by atoms with Crippen LogP contribution in [0.4, 0.5) is 21.9 Å². The minimum Gasteiger partial charge on any atom is -0.439 e. The second kappa shape index (κ2) is 6.68. The summed E-state index contributed by atoms with van der Waals surface area (Å²) in [5.74, 6) is 1.12. The van der Waals surface area contributed by atoms with E-state index < -0.39 is 0 Å². The molecule has 0 radical (unpaired) electrons. The minimum absolute atomic E-state index is 0.354. The number of urea groups is 1. The number of amides is 2. The highest BCUT2D eigenvalue weighted by molar-refractivity contribution is 7.21. The quantitative estimate of drug-likeness (QED) is 0.469. The molecule has 0 bridgehead atoms. The van der Waals surface area contributed by atoms with Crippen molar-refractivity contribution in [2.75, 3.05) is 10.2 Å². The first-order valence-electron chi connectivity index (χ1n) is 8.83. The molecule has 142 valence electrons. The highest BCUT2D eigenvalue weighted by Gasteiger charge is 2.31. The summed E-state index contributed by atoms with van der Waals surface area (Å²) < 4.78 is 5.78. The fourth-order valence-electron chi connectivity index (χ4n) is 3.35. The van der Waals surface area contributed by atoms with Crippen LogP contribution in [0, 0.1) is 6.92 Å². The average Bonchev–Trinajstić information content (AvgIpc) is 3.09. The fourth-order valence-corrected chi connectivity index (χ4v) is 4.28. The van der Waals surface area contributed by atoms with Crippen LogP contribution in [0.5, 0.6) is 11.6 Å². The maximum atomic E-state index is 12.9. The number of aromatic nitrogens is 2. The van der Waals surface area contributed by atoms with E-state index >= 15 is 0 Å². The summed E-state index contributed by atoms with van der Waals surface area (Å²) in [6, 6.07) is 12.6. The monoisotopic (exact) mass is 402 g/mol. The van der Waals surface area contributed by atoms with Crippen LogP contribution in [0.3, 0.4) is 0 Å². The molecule has 29 heavy (non-hydrogen) atoms. The molecule has 7 nitrogen and oxygen atoms in total. The van der Waals surface area contributed by atoms with E-state index in [0.29, 0.717) is 38.4 Å². The van der Waals surface area contributed by atoms with Crippen LogP contribution < -0.4 is 15.0 Å². The average molecular weight is 402 g/mol. The van der Waals surface area contributed by atoms with Crippen LogP contribution in [0.2, 0.25) is 0 Å². The number of carbonyl (C=O) groups excluding carboxylic acids is 2. The van der Waals surface area contributed by atoms with Crippen molar-refractivity contribution in [1.29, 1.82) is 0 Å². The van der Waals surface area contributed by atoms with Crippen molar-refractivity contribution in [1.82, 2.24) is 9.97 Å². The van der Waals surface area contributed by atoms with Crippen molar-refractivity contribution in [2.45, 2.75) is 6.92 Å². The van der Waals surface area contributed by atoms with Gasteiger partial charge in [-0.2, -0.15) is 0 Å². The van der Waals surface area contributed by atoms with E-state index in [1.54, 1.807) is 29.4 Å². The predicted molar refractivity (Wildman–Crippen MR) is 112 cm³/mol. The first-order chi connectivity index (χ1) is 14.2. The number of nitrogens with zero attached hydrogens (tertiary/aromatic N) is 3. The Labute approximate surface area is 169 Å². The van der Waals surface area contributed by atoms with E-state index in [9.17, 15) is 9.59 Å². The second-order valence-electron chi connectivity index (χ2n) is 6.46. The molecule has 3 aromatic heterocycles. The zero-order chi connectivity index (χ0) is 20.0. The Morgan fingerprint density at radius 1 is 1.14 bits per heavy atom. The van der Waals surface area contributed by atoms with E-state index in [0.717, 1.165) is 17.2 Å². The van der Waals surface area contributed by atoms with E-state index in [2.05, 4.69) is 15.3 Å². The molecule has 5 rings (SSSR count). The highest BCUT2D eigenvalue weighted by atomic mass is 32.1. The number of ether oxygens (including phenoxy) is 1. The molecule has 2 amide bonds. The van der Waals surface area contributed by atoms with Gasteiger partial charge in [0.2, 0.25) is 5.88 Å². The Morgan fingerprint density at radius 2 is 1.97 bits per heavy atom. The van der Waals surface area contributed by atoms with Gasteiger partial charge in [0.15, 0.2) is 6.29 Å². The number of para-hydroxylation sites is 1. The SMILES string of the molecule is Cc1cc(Oc2ccccc2)ncc1N1C(=O)Nc2c(C=O)sc3nccc1c23. The molecule has 1 aliphatic heterocycles. The molecule has 0 aliphatic carbocycles. The third-order valence-electron chi connectivity index (χ3n) is 4.64. The summed E-state index contributed by atoms with van der Waals surface area (Å²) >= 11 is 1.25. The Balaban J connectivity index is 1.58. The highest BCUT2D eigenvalue weighted by Crippen LogP contribution is 2.45. The Bertz CT molecular complexity index is 1270. The van der Waals surface area contributed by atoms with Crippen LogP contribution in [0.15, 0.2) is 54.9 Å². The molecule has 0 saturated heterocycles. The molecule has 1 aliphatic rings. The molecule has 0 spiro atoms. The molecule has 0 saturated carbocycles. The number of aldehydes is 1. The maximum Gasteiger partial charge on any atom is 0.331 e. The number of hydrogen-bond acceptors (Lipinski definition) is 6. The summed E-state index contributed by atoms with van der Waals surface area (Å²) in [5, 5.41) is 3.57. The summed E-state index contributed by atoms with van der Waals surface area (Å²) in [5.41, 5.74) is 2.62. The van der Waals surface area contributed by atoms with Crippen molar-refractivity contribution in [3.05, 3.63) is 65.3 Å². The minimum atomic E-state index is -0.354. The van der Waals surface area contributed by atoms with Gasteiger partial charge in [0.1, 0.15) is 10.6 Å². The molecule has 8 heteroatoms. The molecule has 0 fully saturated rings. The number of thiophene rings is 1. The summed E-state index contributed by atoms with van der Waals surface area (Å²) in [6.07, 6.45) is 3.98. The molecule has 4 heterocycles. The van der Waals surface area contributed by atoms with Gasteiger partial charge < -0.3 is 10.1 Å². The van der Waals surface area contributed by atoms with Crippen LogP contribution in [-0.4, -0.2) is 22.3 Å². The first kappa shape index (κ1) is 17.3. The number of anilines is 3. The standard InChI is InChI=1S/C21H14N4O3S/c1-12-9-17(28-13-5-3-2-4-6-13)23-10-15(12)25-14-7-8-22-20-18(14)19(24-21(25)27)16(11-26)29-20/h2-11H,1H3,(H,24,27). The van der Waals surface area contributed by atoms with Gasteiger partial charge in [-0.25, -0.2) is 14.8 Å². The fraction of sp³-hybridized carbons (Fsp3) is 0.0476. The largest absolute Gasteiger partial charge is 0.439 e. The first-order valence-corrected chi connectivity index (χ1v) is 9.64. The predicted octanol–water partition coefficient (Wildman–Crippen LogP) is 5.29. The van der Waals surface area contributed by atoms with Gasteiger partial charge >= 0.3 is 6.03 Å². The topological polar surface area (TPSA) is 84.4 Å². The summed E-state index contributed by atoms with van der Waals surface area (Å²) in [4.78, 5) is 35.7. The van der Waals surface area contributed by atoms with Gasteiger partial charge in [0.25, 0.3) is 0 Å². The summed E-state index contributed by atoms with van der Waals surface area (Å²) in [6.45, 7) is 1.89. The molecule has 0 unspecified atom stereocenters. The van der Waals surface area contributed by atoms with Crippen LogP contribution in [0.25, 0.3) is 10.2 Å². The lowest BCUT2D eigenvalue weighted by Crippen LogP contribution is -2.34. The number of hydrogen-bond donors (Lipinski definition) is 1. The van der Waals surface area contributed by atoms with E-state index in [-0.39, 0.29) is 6.03 Å². The van der Waals surface area contributed by atoms with Crippen molar-refractivity contribution in [2.24, 2.45) is 0 Å². The van der Waals surface area contributed by atoms with Crippen LogP contribution >= 0.6 is 11.3 Å². The van der Waals surface area contributed by atoms with Crippen molar-refractivity contribution in [3.8, 4) is 11.6 Å². The molecule has 0 atom stereocenters. The number of carbonyl (C=O) groups is 2. The van der Waals surface area contributed by atoms with Crippen molar-refractivity contribution in [3.63, 3.8) is 0 Å². The van der Waals surface area contributed by atoms with Gasteiger partial charge in [-0.1, -0.05) is 18.2 Å². The van der Waals surface area contributed by atoms with Crippen LogP contribution in [0.1, 0.15) is 15.2 Å². The lowest BCUT2D eigenvalue weighted by Gasteiger charge is -2.29. The zero-order valence-electron chi connectivity index (χ0n) is 15.2. The Hall–Kier alpha value is -3.78. The third kappa shape index (κ3) is 2.81. The van der Waals surface area contributed by atoms with E-state index in [4.69, 9.17) is 4.74 Å². The number of benzene rings is 1. The Morgan fingerprint density at radius 3 is 2.72 bits per heavy atom. The van der Waals surface area contributed by atoms with E-state index in [1.165, 1.54) is 11.3 Å². The van der Waals surface area contributed by atoms with Crippen LogP contribution in [-0.2, 0) is 0 Å². The normalized spacial score (nSPS) is 12.7. The Kier molecular flexibility index (Phi) is 3.99. The second-order valence-corrected chi connectivity index (χ2v) is 7.49. The van der Waals surface area contributed by atoms with Gasteiger partial charge in [0, 0.05) is 12.3 Å². The van der Waals surface area contributed by atoms with E-state index in [1.807, 2.05) is 37.3 Å². The lowest BCUT2D eigenvalue weighted by atomic mass is 10.1. The smallest absolute Gasteiger partial charge is 0.331 e. The zero-order valence-corrected chi connectivity index (χ0v) is 16.1. The molecular weight excluding hydrogens is 388 g/mol. The number of rotatable bonds is 4. The van der Waals surface area contributed by atoms with Gasteiger partial charge in [-0.05, 0) is 30.7 Å². The van der Waals surface area contributed by atoms with Crippen molar-refractivity contribution >= 4 is 50.9 Å². The van der Waals surface area contributed by atoms with Gasteiger partial charge in [0.05, 0.1) is 33.5 Å². The number of aryl methyl sites for hydroxylation is 1. The maximum absolute atomic E-state index is 12.9. The third-order valence-corrected chi connectivity index (χ3v) is 5.67. The van der Waals surface area contributed by atoms with Gasteiger partial charge in [-0.15, -0.1) is 11.3 Å². The van der Waals surface area contributed by atoms with Crippen molar-refractivity contribution < 1.29 is 14.3 Å². The molecule has 1 N–H and O–H groups in total. The molecular formula is C21H14N4O3S. The summed E-state index contributed by atoms with van der Waals surface area (Å²) in [7, 11) is 0. The molecule has 4 aromatic rings. The number of pyridine rings is 2. The molecule has 1 aromatic carbocycles. The lowest BCUT2D eigenvalue weighted by molar-refractivity contribution is 0.112. The van der Waals surface area contributed by atoms with Gasteiger partial charge in [-0.3, -0.25) is 9.69 Å².